The van der Waals surface area contributed by atoms with E-state index in [1.807, 2.05) is 4.90 Å². The van der Waals surface area contributed by atoms with Crippen molar-refractivity contribution in [1.82, 2.24) is 10.2 Å². The van der Waals surface area contributed by atoms with E-state index < -0.39 is 0 Å². The molecule has 2 aliphatic rings. The number of rotatable bonds is 7. The summed E-state index contributed by atoms with van der Waals surface area (Å²) < 4.78 is 5.76. The molecule has 1 amide bonds. The first kappa shape index (κ1) is 17.4. The molecule has 24 heavy (non-hydrogen) atoms. The van der Waals surface area contributed by atoms with E-state index in [4.69, 9.17) is 4.74 Å². The Kier molecular flexibility index (Phi) is 6.27. The van der Waals surface area contributed by atoms with Crippen LogP contribution in [0.15, 0.2) is 24.3 Å². The molecule has 1 aromatic rings. The maximum atomic E-state index is 12.8. The van der Waals surface area contributed by atoms with Crippen molar-refractivity contribution in [2.24, 2.45) is 0 Å². The summed E-state index contributed by atoms with van der Waals surface area (Å²) in [5, 5.41) is 3.44. The van der Waals surface area contributed by atoms with Crippen molar-refractivity contribution >= 4 is 5.91 Å². The number of ether oxygens (including phenoxy) is 1. The van der Waals surface area contributed by atoms with Crippen molar-refractivity contribution in [2.45, 2.75) is 57.6 Å². The minimum Gasteiger partial charge on any atom is -0.376 e. The van der Waals surface area contributed by atoms with Crippen LogP contribution in [0.1, 0.15) is 43.2 Å². The zero-order valence-electron chi connectivity index (χ0n) is 14.8. The number of amides is 1. The summed E-state index contributed by atoms with van der Waals surface area (Å²) in [6.45, 7) is 5.53. The summed E-state index contributed by atoms with van der Waals surface area (Å²) in [5.41, 5.74) is 2.57. The first-order chi connectivity index (χ1) is 11.7. The van der Waals surface area contributed by atoms with Crippen LogP contribution in [0.5, 0.6) is 0 Å². The Morgan fingerprint density at radius 1 is 1.25 bits per heavy atom. The molecule has 2 atom stereocenters. The van der Waals surface area contributed by atoms with Gasteiger partial charge in [-0.15, -0.1) is 0 Å². The van der Waals surface area contributed by atoms with Gasteiger partial charge >= 0.3 is 0 Å². The van der Waals surface area contributed by atoms with E-state index >= 15 is 0 Å². The predicted octanol–water partition coefficient (Wildman–Crippen LogP) is 2.69. The highest BCUT2D eigenvalue weighted by Crippen LogP contribution is 2.16. The van der Waals surface area contributed by atoms with Crippen LogP contribution in [-0.4, -0.2) is 49.2 Å². The number of nitrogens with zero attached hydrogens (tertiary/aromatic N) is 1. The van der Waals surface area contributed by atoms with Gasteiger partial charge in [0.1, 0.15) is 0 Å². The van der Waals surface area contributed by atoms with Gasteiger partial charge in [0.25, 0.3) is 0 Å². The number of carbonyl (C=O) groups is 1. The molecule has 132 valence electrons. The normalized spacial score (nSPS) is 23.5. The minimum atomic E-state index is 0.225. The largest absolute Gasteiger partial charge is 0.376 e. The Morgan fingerprint density at radius 3 is 2.75 bits per heavy atom. The molecule has 0 radical (unpaired) electrons. The van der Waals surface area contributed by atoms with Crippen LogP contribution in [0.3, 0.4) is 0 Å². The van der Waals surface area contributed by atoms with E-state index in [1.165, 1.54) is 17.5 Å². The lowest BCUT2D eigenvalue weighted by molar-refractivity contribution is -0.133. The van der Waals surface area contributed by atoms with Crippen LogP contribution < -0.4 is 5.32 Å². The topological polar surface area (TPSA) is 41.6 Å². The van der Waals surface area contributed by atoms with Gasteiger partial charge in [-0.2, -0.15) is 0 Å². The third kappa shape index (κ3) is 5.05. The van der Waals surface area contributed by atoms with E-state index in [-0.39, 0.29) is 12.0 Å². The Labute approximate surface area is 145 Å². The average molecular weight is 330 g/mol. The van der Waals surface area contributed by atoms with E-state index in [9.17, 15) is 4.79 Å². The highest BCUT2D eigenvalue weighted by molar-refractivity contribution is 5.77. The minimum absolute atomic E-state index is 0.225. The standard InChI is InChI=1S/C20H30N2O2/c1-16-6-8-17(9-7-16)10-12-22(15-19-5-3-13-24-19)20(23)14-18-4-2-11-21-18/h6-9,18-19,21H,2-5,10-15H2,1H3. The smallest absolute Gasteiger partial charge is 0.224 e. The monoisotopic (exact) mass is 330 g/mol. The molecule has 1 N–H and O–H groups in total. The fourth-order valence-electron chi connectivity index (χ4n) is 3.64. The molecule has 0 aromatic heterocycles. The molecular weight excluding hydrogens is 300 g/mol. The number of benzene rings is 1. The van der Waals surface area contributed by atoms with Crippen LogP contribution in [0.2, 0.25) is 0 Å². The van der Waals surface area contributed by atoms with Gasteiger partial charge in [0.15, 0.2) is 0 Å². The Hall–Kier alpha value is -1.39. The van der Waals surface area contributed by atoms with Gasteiger partial charge in [0, 0.05) is 32.2 Å². The summed E-state index contributed by atoms with van der Waals surface area (Å²) in [7, 11) is 0. The van der Waals surface area contributed by atoms with Crippen molar-refractivity contribution < 1.29 is 9.53 Å². The first-order valence-corrected chi connectivity index (χ1v) is 9.39. The molecule has 0 bridgehead atoms. The quantitative estimate of drug-likeness (QED) is 0.836. The van der Waals surface area contributed by atoms with Gasteiger partial charge in [0.2, 0.25) is 5.91 Å². The van der Waals surface area contributed by atoms with E-state index in [1.54, 1.807) is 0 Å². The number of carbonyl (C=O) groups excluding carboxylic acids is 1. The lowest BCUT2D eigenvalue weighted by Crippen LogP contribution is -2.41. The van der Waals surface area contributed by atoms with E-state index in [2.05, 4.69) is 36.5 Å². The van der Waals surface area contributed by atoms with Gasteiger partial charge in [-0.1, -0.05) is 29.8 Å². The maximum Gasteiger partial charge on any atom is 0.224 e. The summed E-state index contributed by atoms with van der Waals surface area (Å²) in [6, 6.07) is 8.99. The second kappa shape index (κ2) is 8.63. The third-order valence-electron chi connectivity index (χ3n) is 5.18. The fourth-order valence-corrected chi connectivity index (χ4v) is 3.64. The van der Waals surface area contributed by atoms with Crippen molar-refractivity contribution in [2.75, 3.05) is 26.2 Å². The summed E-state index contributed by atoms with van der Waals surface area (Å²) in [5.74, 6) is 0.275. The lowest BCUT2D eigenvalue weighted by Gasteiger charge is -2.27. The van der Waals surface area contributed by atoms with Crippen molar-refractivity contribution in [1.29, 1.82) is 0 Å². The van der Waals surface area contributed by atoms with Gasteiger partial charge in [0.05, 0.1) is 6.10 Å². The molecule has 2 unspecified atom stereocenters. The van der Waals surface area contributed by atoms with Gasteiger partial charge in [-0.3, -0.25) is 4.79 Å². The van der Waals surface area contributed by atoms with Gasteiger partial charge in [-0.25, -0.2) is 0 Å². The average Bonchev–Trinajstić information content (AvgIpc) is 3.26. The summed E-state index contributed by atoms with van der Waals surface area (Å²) >= 11 is 0. The highest BCUT2D eigenvalue weighted by Gasteiger charge is 2.25. The lowest BCUT2D eigenvalue weighted by atomic mass is 10.1. The Morgan fingerprint density at radius 2 is 2.08 bits per heavy atom. The molecule has 3 rings (SSSR count). The predicted molar refractivity (Wildman–Crippen MR) is 96.1 cm³/mol. The molecule has 2 heterocycles. The van der Waals surface area contributed by atoms with E-state index in [0.717, 1.165) is 51.9 Å². The third-order valence-corrected chi connectivity index (χ3v) is 5.18. The van der Waals surface area contributed by atoms with E-state index in [0.29, 0.717) is 12.5 Å². The van der Waals surface area contributed by atoms with Crippen LogP contribution in [0.25, 0.3) is 0 Å². The molecule has 1 aromatic carbocycles. The van der Waals surface area contributed by atoms with Crippen LogP contribution in [-0.2, 0) is 16.0 Å². The second-order valence-electron chi connectivity index (χ2n) is 7.21. The molecule has 2 fully saturated rings. The second-order valence-corrected chi connectivity index (χ2v) is 7.21. The highest BCUT2D eigenvalue weighted by atomic mass is 16.5. The molecule has 4 nitrogen and oxygen atoms in total. The number of aryl methyl sites for hydroxylation is 1. The van der Waals surface area contributed by atoms with Crippen LogP contribution in [0, 0.1) is 6.92 Å². The van der Waals surface area contributed by atoms with Crippen molar-refractivity contribution in [3.63, 3.8) is 0 Å². The molecule has 2 saturated heterocycles. The molecule has 4 heteroatoms. The molecule has 2 aliphatic heterocycles. The maximum absolute atomic E-state index is 12.8. The fraction of sp³-hybridized carbons (Fsp3) is 0.650. The van der Waals surface area contributed by atoms with Gasteiger partial charge < -0.3 is 15.0 Å². The molecule has 0 saturated carbocycles. The Bertz CT molecular complexity index is 517. The Balaban J connectivity index is 1.57. The first-order valence-electron chi connectivity index (χ1n) is 9.39. The molecular formula is C20H30N2O2. The SMILES string of the molecule is Cc1ccc(CCN(CC2CCCO2)C(=O)CC2CCCN2)cc1. The summed E-state index contributed by atoms with van der Waals surface area (Å²) in [6.07, 6.45) is 6.27. The number of hydrogen-bond acceptors (Lipinski definition) is 3. The summed E-state index contributed by atoms with van der Waals surface area (Å²) in [4.78, 5) is 14.8. The number of nitrogens with one attached hydrogen (secondary N) is 1. The molecule has 0 aliphatic carbocycles. The zero-order chi connectivity index (χ0) is 16.8. The van der Waals surface area contributed by atoms with Crippen LogP contribution >= 0.6 is 0 Å². The zero-order valence-corrected chi connectivity index (χ0v) is 14.8. The number of hydrogen-bond donors (Lipinski definition) is 1. The van der Waals surface area contributed by atoms with Crippen molar-refractivity contribution in [3.05, 3.63) is 35.4 Å². The van der Waals surface area contributed by atoms with Gasteiger partial charge in [-0.05, 0) is 51.1 Å². The van der Waals surface area contributed by atoms with Crippen molar-refractivity contribution in [3.8, 4) is 0 Å². The molecule has 0 spiro atoms. The van der Waals surface area contributed by atoms with Crippen LogP contribution in [0.4, 0.5) is 0 Å².